The maximum Gasteiger partial charge on any atom is 0.265 e. The van der Waals surface area contributed by atoms with E-state index in [9.17, 15) is 4.79 Å². The summed E-state index contributed by atoms with van der Waals surface area (Å²) >= 11 is 1.20. The van der Waals surface area contributed by atoms with E-state index in [1.54, 1.807) is 0 Å². The molecule has 88 valence electrons. The maximum atomic E-state index is 12.0. The predicted octanol–water partition coefficient (Wildman–Crippen LogP) is 2.16. The molecule has 0 aromatic carbocycles. The second-order valence-electron chi connectivity index (χ2n) is 4.21. The highest BCUT2D eigenvalue weighted by Gasteiger charge is 2.20. The average molecular weight is 239 g/mol. The number of nitrogens with zero attached hydrogens (tertiary/aromatic N) is 2. The van der Waals surface area contributed by atoms with Gasteiger partial charge in [-0.3, -0.25) is 4.79 Å². The van der Waals surface area contributed by atoms with E-state index < -0.39 is 0 Å². The van der Waals surface area contributed by atoms with Crippen LogP contribution in [0.3, 0.4) is 0 Å². The van der Waals surface area contributed by atoms with Crippen LogP contribution in [0.4, 0.5) is 0 Å². The molecule has 1 aromatic rings. The summed E-state index contributed by atoms with van der Waals surface area (Å²) in [6, 6.07) is 0.355. The third kappa shape index (κ3) is 2.58. The van der Waals surface area contributed by atoms with E-state index in [1.807, 2.05) is 6.92 Å². The third-order valence-corrected chi connectivity index (χ3v) is 3.80. The summed E-state index contributed by atoms with van der Waals surface area (Å²) < 4.78 is 3.84. The zero-order valence-corrected chi connectivity index (χ0v) is 10.3. The van der Waals surface area contributed by atoms with Crippen LogP contribution >= 0.6 is 11.5 Å². The molecule has 0 aliphatic heterocycles. The third-order valence-electron chi connectivity index (χ3n) is 3.04. The van der Waals surface area contributed by atoms with Crippen LogP contribution in [-0.4, -0.2) is 21.5 Å². The van der Waals surface area contributed by atoms with Gasteiger partial charge in [0, 0.05) is 6.04 Å². The number of aromatic nitrogens is 2. The molecule has 0 radical (unpaired) electrons. The number of hydrogen-bond acceptors (Lipinski definition) is 4. The lowest BCUT2D eigenvalue weighted by molar-refractivity contribution is 0.0931. The molecule has 1 aromatic heterocycles. The standard InChI is InChI=1S/C11H17N3OS/c1-2-9-10(16-14-13-9)11(15)12-8-6-4-3-5-7-8/h8H,2-7H2,1H3,(H,12,15). The van der Waals surface area contributed by atoms with Crippen molar-refractivity contribution < 1.29 is 4.79 Å². The van der Waals surface area contributed by atoms with Gasteiger partial charge in [0.05, 0.1) is 5.69 Å². The largest absolute Gasteiger partial charge is 0.349 e. The van der Waals surface area contributed by atoms with Crippen LogP contribution in [0.15, 0.2) is 0 Å². The first-order valence-corrected chi connectivity index (χ1v) is 6.70. The number of hydrogen-bond donors (Lipinski definition) is 1. The molecule has 1 N–H and O–H groups in total. The Morgan fingerprint density at radius 2 is 2.19 bits per heavy atom. The molecule has 0 bridgehead atoms. The normalized spacial score (nSPS) is 17.3. The van der Waals surface area contributed by atoms with Gasteiger partial charge < -0.3 is 5.32 Å². The quantitative estimate of drug-likeness (QED) is 0.879. The number of rotatable bonds is 3. The van der Waals surface area contributed by atoms with E-state index in [4.69, 9.17) is 0 Å². The van der Waals surface area contributed by atoms with Gasteiger partial charge in [-0.25, -0.2) is 0 Å². The molecule has 16 heavy (non-hydrogen) atoms. The first kappa shape index (κ1) is 11.5. The molecule has 0 unspecified atom stereocenters. The molecular formula is C11H17N3OS. The van der Waals surface area contributed by atoms with E-state index in [0.717, 1.165) is 25.0 Å². The van der Waals surface area contributed by atoms with Gasteiger partial charge in [-0.05, 0) is 30.8 Å². The van der Waals surface area contributed by atoms with Crippen LogP contribution in [0.2, 0.25) is 0 Å². The molecule has 0 spiro atoms. The van der Waals surface area contributed by atoms with E-state index in [0.29, 0.717) is 10.9 Å². The average Bonchev–Trinajstić information content (AvgIpc) is 2.78. The Morgan fingerprint density at radius 3 is 2.88 bits per heavy atom. The zero-order valence-electron chi connectivity index (χ0n) is 9.53. The van der Waals surface area contributed by atoms with Crippen molar-refractivity contribution in [3.63, 3.8) is 0 Å². The minimum Gasteiger partial charge on any atom is -0.349 e. The lowest BCUT2D eigenvalue weighted by atomic mass is 9.95. The fraction of sp³-hybridized carbons (Fsp3) is 0.727. The van der Waals surface area contributed by atoms with E-state index in [1.165, 1.54) is 30.8 Å². The summed E-state index contributed by atoms with van der Waals surface area (Å²) in [5, 5.41) is 7.04. The van der Waals surface area contributed by atoms with Crippen molar-refractivity contribution in [2.45, 2.75) is 51.5 Å². The number of nitrogens with one attached hydrogen (secondary N) is 1. The highest BCUT2D eigenvalue weighted by Crippen LogP contribution is 2.19. The molecule has 1 amide bonds. The minimum atomic E-state index is 0.0127. The molecule has 5 heteroatoms. The number of amides is 1. The van der Waals surface area contributed by atoms with Gasteiger partial charge in [-0.2, -0.15) is 0 Å². The zero-order chi connectivity index (χ0) is 11.4. The molecule has 4 nitrogen and oxygen atoms in total. The van der Waals surface area contributed by atoms with Gasteiger partial charge >= 0.3 is 0 Å². The van der Waals surface area contributed by atoms with Gasteiger partial charge in [0.1, 0.15) is 4.88 Å². The van der Waals surface area contributed by atoms with E-state index in [2.05, 4.69) is 14.9 Å². The van der Waals surface area contributed by atoms with Crippen molar-refractivity contribution in [3.8, 4) is 0 Å². The molecule has 1 heterocycles. The minimum absolute atomic E-state index is 0.0127. The van der Waals surface area contributed by atoms with Crippen LogP contribution in [0, 0.1) is 0 Å². The highest BCUT2D eigenvalue weighted by molar-refractivity contribution is 7.08. The number of aryl methyl sites for hydroxylation is 1. The molecule has 0 atom stereocenters. The van der Waals surface area contributed by atoms with Crippen molar-refractivity contribution in [3.05, 3.63) is 10.6 Å². The molecular weight excluding hydrogens is 222 g/mol. The van der Waals surface area contributed by atoms with Crippen LogP contribution in [-0.2, 0) is 6.42 Å². The Labute approximate surface area is 99.6 Å². The summed E-state index contributed by atoms with van der Waals surface area (Å²) in [6.45, 7) is 1.99. The van der Waals surface area contributed by atoms with Crippen molar-refractivity contribution >= 4 is 17.4 Å². The first-order chi connectivity index (χ1) is 7.81. The predicted molar refractivity (Wildman–Crippen MR) is 63.6 cm³/mol. The lowest BCUT2D eigenvalue weighted by Gasteiger charge is -2.22. The van der Waals surface area contributed by atoms with Gasteiger partial charge in [-0.15, -0.1) is 5.10 Å². The second-order valence-corrected chi connectivity index (χ2v) is 4.96. The Morgan fingerprint density at radius 1 is 1.44 bits per heavy atom. The molecule has 1 aliphatic carbocycles. The molecule has 1 aliphatic rings. The summed E-state index contributed by atoms with van der Waals surface area (Å²) in [6.07, 6.45) is 6.75. The maximum absolute atomic E-state index is 12.0. The van der Waals surface area contributed by atoms with Gasteiger partial charge in [0.25, 0.3) is 5.91 Å². The molecule has 1 saturated carbocycles. The van der Waals surface area contributed by atoms with Crippen LogP contribution in [0.1, 0.15) is 54.4 Å². The van der Waals surface area contributed by atoms with Gasteiger partial charge in [0.15, 0.2) is 0 Å². The second kappa shape index (κ2) is 5.39. The fourth-order valence-electron chi connectivity index (χ4n) is 2.11. The summed E-state index contributed by atoms with van der Waals surface area (Å²) in [5.74, 6) is 0.0127. The SMILES string of the molecule is CCc1nnsc1C(=O)NC1CCCCC1. The highest BCUT2D eigenvalue weighted by atomic mass is 32.1. The Hall–Kier alpha value is -0.970. The van der Waals surface area contributed by atoms with Crippen molar-refractivity contribution in [2.75, 3.05) is 0 Å². The van der Waals surface area contributed by atoms with Crippen LogP contribution < -0.4 is 5.32 Å². The monoisotopic (exact) mass is 239 g/mol. The van der Waals surface area contributed by atoms with Crippen molar-refractivity contribution in [1.29, 1.82) is 0 Å². The van der Waals surface area contributed by atoms with Gasteiger partial charge in [-0.1, -0.05) is 30.7 Å². The van der Waals surface area contributed by atoms with E-state index in [-0.39, 0.29) is 5.91 Å². The molecule has 2 rings (SSSR count). The molecule has 0 saturated heterocycles. The number of carbonyl (C=O) groups is 1. The van der Waals surface area contributed by atoms with Crippen LogP contribution in [0.5, 0.6) is 0 Å². The molecule has 1 fully saturated rings. The van der Waals surface area contributed by atoms with Crippen molar-refractivity contribution in [2.24, 2.45) is 0 Å². The fourth-order valence-corrected chi connectivity index (χ4v) is 2.76. The summed E-state index contributed by atoms with van der Waals surface area (Å²) in [5.41, 5.74) is 0.818. The van der Waals surface area contributed by atoms with Crippen LogP contribution in [0.25, 0.3) is 0 Å². The van der Waals surface area contributed by atoms with Crippen molar-refractivity contribution in [1.82, 2.24) is 14.9 Å². The lowest BCUT2D eigenvalue weighted by Crippen LogP contribution is -2.36. The van der Waals surface area contributed by atoms with E-state index >= 15 is 0 Å². The number of carbonyl (C=O) groups excluding carboxylic acids is 1. The Balaban J connectivity index is 1.96. The first-order valence-electron chi connectivity index (χ1n) is 5.93. The topological polar surface area (TPSA) is 54.9 Å². The summed E-state index contributed by atoms with van der Waals surface area (Å²) in [7, 11) is 0. The Bertz CT molecular complexity index is 358. The van der Waals surface area contributed by atoms with Gasteiger partial charge in [0.2, 0.25) is 0 Å². The Kier molecular flexibility index (Phi) is 3.88. The smallest absolute Gasteiger partial charge is 0.265 e. The summed E-state index contributed by atoms with van der Waals surface area (Å²) in [4.78, 5) is 12.7.